The van der Waals surface area contributed by atoms with E-state index in [4.69, 9.17) is 4.74 Å². The van der Waals surface area contributed by atoms with E-state index < -0.39 is 0 Å². The Morgan fingerprint density at radius 3 is 2.71 bits per heavy atom. The van der Waals surface area contributed by atoms with Crippen molar-refractivity contribution in [2.24, 2.45) is 4.99 Å². The van der Waals surface area contributed by atoms with E-state index in [1.807, 2.05) is 26.0 Å². The summed E-state index contributed by atoms with van der Waals surface area (Å²) in [6.45, 7) is 8.93. The van der Waals surface area contributed by atoms with Gasteiger partial charge in [-0.05, 0) is 38.0 Å². The number of nitrogens with zero attached hydrogens (tertiary/aromatic N) is 1. The van der Waals surface area contributed by atoms with Crippen LogP contribution in [-0.4, -0.2) is 30.8 Å². The van der Waals surface area contributed by atoms with Gasteiger partial charge in [0.15, 0.2) is 17.5 Å². The van der Waals surface area contributed by atoms with Gasteiger partial charge in [0.2, 0.25) is 0 Å². The molecule has 0 atom stereocenters. The van der Waals surface area contributed by atoms with Crippen molar-refractivity contribution < 1.29 is 9.84 Å². The molecule has 5 nitrogen and oxygen atoms in total. The molecule has 0 radical (unpaired) electrons. The number of phenolic OH excluding ortho intramolecular Hbond substituents is 1. The number of unbranched alkanes of at least 4 members (excludes halogenated alkanes) is 1. The van der Waals surface area contributed by atoms with Crippen LogP contribution in [0.25, 0.3) is 0 Å². The van der Waals surface area contributed by atoms with Gasteiger partial charge in [0.25, 0.3) is 0 Å². The van der Waals surface area contributed by atoms with Crippen LogP contribution in [0.3, 0.4) is 0 Å². The molecule has 0 saturated heterocycles. The quantitative estimate of drug-likeness (QED) is 0.392. The molecule has 1 aromatic carbocycles. The number of nitrogens with one attached hydrogen (secondary N) is 2. The Morgan fingerprint density at radius 1 is 1.24 bits per heavy atom. The fourth-order valence-electron chi connectivity index (χ4n) is 1.82. The summed E-state index contributed by atoms with van der Waals surface area (Å²) in [5.41, 5.74) is 1.00. The van der Waals surface area contributed by atoms with Crippen LogP contribution < -0.4 is 15.4 Å². The van der Waals surface area contributed by atoms with Crippen LogP contribution in [0.5, 0.6) is 11.5 Å². The van der Waals surface area contributed by atoms with Crippen LogP contribution in [0, 0.1) is 0 Å². The van der Waals surface area contributed by atoms with Gasteiger partial charge in [-0.2, -0.15) is 0 Å². The Kier molecular flexibility index (Phi) is 8.09. The number of benzene rings is 1. The summed E-state index contributed by atoms with van der Waals surface area (Å²) in [6.07, 6.45) is 2.28. The van der Waals surface area contributed by atoms with Crippen LogP contribution in [0.1, 0.15) is 39.2 Å². The Morgan fingerprint density at radius 2 is 2.05 bits per heavy atom. The smallest absolute Gasteiger partial charge is 0.191 e. The maximum Gasteiger partial charge on any atom is 0.191 e. The molecule has 0 aliphatic carbocycles. The maximum atomic E-state index is 9.69. The molecule has 21 heavy (non-hydrogen) atoms. The summed E-state index contributed by atoms with van der Waals surface area (Å²) >= 11 is 0. The number of rotatable bonds is 8. The lowest BCUT2D eigenvalue weighted by atomic mass is 10.2. The van der Waals surface area contributed by atoms with Gasteiger partial charge in [-0.25, -0.2) is 4.99 Å². The summed E-state index contributed by atoms with van der Waals surface area (Å²) in [5.74, 6) is 1.49. The largest absolute Gasteiger partial charge is 0.504 e. The topological polar surface area (TPSA) is 65.9 Å². The fraction of sp³-hybridized carbons (Fsp3) is 0.562. The maximum absolute atomic E-state index is 9.69. The lowest BCUT2D eigenvalue weighted by molar-refractivity contribution is 0.318. The zero-order valence-electron chi connectivity index (χ0n) is 13.3. The molecule has 0 aliphatic heterocycles. The lowest BCUT2D eigenvalue weighted by Crippen LogP contribution is -2.37. The molecule has 0 unspecified atom stereocenters. The van der Waals surface area contributed by atoms with Crippen molar-refractivity contribution in [1.82, 2.24) is 10.6 Å². The first-order chi connectivity index (χ1) is 10.2. The number of aliphatic imine (C=N–C) groups is 1. The summed E-state index contributed by atoms with van der Waals surface area (Å²) in [6, 6.07) is 5.34. The van der Waals surface area contributed by atoms with Crippen molar-refractivity contribution in [3.63, 3.8) is 0 Å². The summed E-state index contributed by atoms with van der Waals surface area (Å²) < 4.78 is 5.38. The lowest BCUT2D eigenvalue weighted by Gasteiger charge is -2.11. The number of hydrogen-bond donors (Lipinski definition) is 3. The van der Waals surface area contributed by atoms with Crippen molar-refractivity contribution >= 4 is 5.96 Å². The number of guanidine groups is 1. The highest BCUT2D eigenvalue weighted by Crippen LogP contribution is 2.26. The van der Waals surface area contributed by atoms with E-state index in [1.165, 1.54) is 0 Å². The van der Waals surface area contributed by atoms with Crippen LogP contribution >= 0.6 is 0 Å². The minimum absolute atomic E-state index is 0.164. The fourth-order valence-corrected chi connectivity index (χ4v) is 1.82. The highest BCUT2D eigenvalue weighted by atomic mass is 16.5. The van der Waals surface area contributed by atoms with E-state index in [1.54, 1.807) is 6.07 Å². The van der Waals surface area contributed by atoms with E-state index in [-0.39, 0.29) is 5.75 Å². The molecule has 0 bridgehead atoms. The van der Waals surface area contributed by atoms with Crippen LogP contribution in [0.15, 0.2) is 23.2 Å². The minimum Gasteiger partial charge on any atom is -0.504 e. The standard InChI is InChI=1S/C16H27N3O2/c1-4-7-10-18-16(17-5-2)19-12-13-8-9-14(20)15(11-13)21-6-3/h8-9,11,20H,4-7,10,12H2,1-3H3,(H2,17,18,19). The van der Waals surface area contributed by atoms with Crippen molar-refractivity contribution in [3.05, 3.63) is 23.8 Å². The molecule has 3 N–H and O–H groups in total. The molecule has 0 amide bonds. The third kappa shape index (κ3) is 6.38. The predicted molar refractivity (Wildman–Crippen MR) is 87.0 cm³/mol. The predicted octanol–water partition coefficient (Wildman–Crippen LogP) is 2.65. The zero-order chi connectivity index (χ0) is 15.5. The van der Waals surface area contributed by atoms with Gasteiger partial charge < -0.3 is 20.5 Å². The van der Waals surface area contributed by atoms with Gasteiger partial charge in [-0.15, -0.1) is 0 Å². The minimum atomic E-state index is 0.164. The first-order valence-corrected chi connectivity index (χ1v) is 7.68. The van der Waals surface area contributed by atoms with Gasteiger partial charge in [0.05, 0.1) is 13.2 Å². The van der Waals surface area contributed by atoms with E-state index in [0.29, 0.717) is 18.9 Å². The molecule has 118 valence electrons. The monoisotopic (exact) mass is 293 g/mol. The molecule has 1 aromatic rings. The molecule has 0 spiro atoms. The van der Waals surface area contributed by atoms with Gasteiger partial charge in [-0.1, -0.05) is 19.4 Å². The highest BCUT2D eigenvalue weighted by Gasteiger charge is 2.03. The van der Waals surface area contributed by atoms with E-state index >= 15 is 0 Å². The Bertz CT molecular complexity index is 447. The van der Waals surface area contributed by atoms with Crippen LogP contribution in [0.2, 0.25) is 0 Å². The Balaban J connectivity index is 2.67. The summed E-state index contributed by atoms with van der Waals surface area (Å²) in [4.78, 5) is 4.54. The van der Waals surface area contributed by atoms with Gasteiger partial charge >= 0.3 is 0 Å². The first kappa shape index (κ1) is 17.1. The number of aromatic hydroxyl groups is 1. The average Bonchev–Trinajstić information content (AvgIpc) is 2.48. The average molecular weight is 293 g/mol. The van der Waals surface area contributed by atoms with Gasteiger partial charge in [0, 0.05) is 13.1 Å². The second kappa shape index (κ2) is 9.91. The highest BCUT2D eigenvalue weighted by molar-refractivity contribution is 5.79. The number of ether oxygens (including phenoxy) is 1. The van der Waals surface area contributed by atoms with E-state index in [2.05, 4.69) is 22.5 Å². The molecule has 0 heterocycles. The van der Waals surface area contributed by atoms with E-state index in [9.17, 15) is 5.11 Å². The second-order valence-corrected chi connectivity index (χ2v) is 4.71. The Hall–Kier alpha value is -1.91. The normalized spacial score (nSPS) is 11.3. The summed E-state index contributed by atoms with van der Waals surface area (Å²) in [5, 5.41) is 16.2. The molecule has 1 rings (SSSR count). The second-order valence-electron chi connectivity index (χ2n) is 4.71. The Labute approximate surface area is 127 Å². The third-order valence-electron chi connectivity index (χ3n) is 2.91. The molecule has 5 heteroatoms. The molecular weight excluding hydrogens is 266 g/mol. The SMILES string of the molecule is CCCCNC(=NCc1ccc(O)c(OCC)c1)NCC. The van der Waals surface area contributed by atoms with Crippen molar-refractivity contribution in [1.29, 1.82) is 0 Å². The van der Waals surface area contributed by atoms with E-state index in [0.717, 1.165) is 37.5 Å². The van der Waals surface area contributed by atoms with Gasteiger partial charge in [0.1, 0.15) is 0 Å². The molecule has 0 saturated carbocycles. The van der Waals surface area contributed by atoms with Crippen LogP contribution in [0.4, 0.5) is 0 Å². The first-order valence-electron chi connectivity index (χ1n) is 7.68. The molecule has 0 aliphatic rings. The third-order valence-corrected chi connectivity index (χ3v) is 2.91. The molecule has 0 fully saturated rings. The van der Waals surface area contributed by atoms with Gasteiger partial charge in [-0.3, -0.25) is 0 Å². The number of phenols is 1. The van der Waals surface area contributed by atoms with Crippen molar-refractivity contribution in [2.45, 2.75) is 40.2 Å². The van der Waals surface area contributed by atoms with Crippen molar-refractivity contribution in [3.8, 4) is 11.5 Å². The molecular formula is C16H27N3O2. The van der Waals surface area contributed by atoms with Crippen molar-refractivity contribution in [2.75, 3.05) is 19.7 Å². The number of hydrogen-bond acceptors (Lipinski definition) is 3. The molecule has 0 aromatic heterocycles. The van der Waals surface area contributed by atoms with Crippen LogP contribution in [-0.2, 0) is 6.54 Å². The summed E-state index contributed by atoms with van der Waals surface area (Å²) in [7, 11) is 0. The zero-order valence-corrected chi connectivity index (χ0v) is 13.3.